The van der Waals surface area contributed by atoms with Crippen molar-refractivity contribution in [2.45, 2.75) is 51.0 Å². The summed E-state index contributed by atoms with van der Waals surface area (Å²) in [7, 11) is 0. The Bertz CT molecular complexity index is 863. The van der Waals surface area contributed by atoms with Crippen molar-refractivity contribution in [2.24, 2.45) is 5.92 Å². The maximum absolute atomic E-state index is 12.5. The number of H-pyrrole nitrogens is 1. The number of rotatable bonds is 6. The second-order valence-corrected chi connectivity index (χ2v) is 7.47. The first-order valence-corrected chi connectivity index (χ1v) is 9.03. The zero-order valence-corrected chi connectivity index (χ0v) is 15.6. The molecule has 0 amide bonds. The van der Waals surface area contributed by atoms with Crippen molar-refractivity contribution in [3.63, 3.8) is 0 Å². The van der Waals surface area contributed by atoms with Crippen molar-refractivity contribution >= 4 is 16.9 Å². The minimum atomic E-state index is -2.46. The summed E-state index contributed by atoms with van der Waals surface area (Å²) in [6.45, 7) is 2.72. The van der Waals surface area contributed by atoms with Crippen LogP contribution in [-0.2, 0) is 22.6 Å². The third kappa shape index (κ3) is 3.64. The summed E-state index contributed by atoms with van der Waals surface area (Å²) in [6.07, 6.45) is -4.57. The summed E-state index contributed by atoms with van der Waals surface area (Å²) in [5.41, 5.74) is 1.93. The summed E-state index contributed by atoms with van der Waals surface area (Å²) < 4.78 is 10.3. The SMILES string of the molecule is CC(C)Cc1ccc2[nH]c(CO)c(OC(=O)[C@@H]3O[C@@](O)(CO)[C@H](O)[C@H]3O)c2c1. The highest BCUT2D eigenvalue weighted by Crippen LogP contribution is 2.34. The number of carbonyl (C=O) groups excluding carboxylic acids is 1. The lowest BCUT2D eigenvalue weighted by atomic mass is 10.0. The van der Waals surface area contributed by atoms with E-state index < -0.39 is 43.3 Å². The highest BCUT2D eigenvalue weighted by Gasteiger charge is 2.56. The molecule has 0 radical (unpaired) electrons. The molecule has 9 nitrogen and oxygen atoms in total. The van der Waals surface area contributed by atoms with E-state index in [1.54, 1.807) is 0 Å². The Morgan fingerprint density at radius 3 is 2.61 bits per heavy atom. The van der Waals surface area contributed by atoms with Crippen LogP contribution in [0.25, 0.3) is 10.9 Å². The normalized spacial score (nSPS) is 27.6. The highest BCUT2D eigenvalue weighted by molar-refractivity contribution is 5.91. The van der Waals surface area contributed by atoms with E-state index >= 15 is 0 Å². The van der Waals surface area contributed by atoms with E-state index in [4.69, 9.17) is 14.6 Å². The van der Waals surface area contributed by atoms with Gasteiger partial charge in [-0.3, -0.25) is 0 Å². The number of hydrogen-bond acceptors (Lipinski definition) is 8. The van der Waals surface area contributed by atoms with Gasteiger partial charge in [-0.2, -0.15) is 0 Å². The monoisotopic (exact) mass is 395 g/mol. The molecule has 1 fully saturated rings. The molecule has 2 heterocycles. The molecule has 0 saturated carbocycles. The number of benzene rings is 1. The quantitative estimate of drug-likeness (QED) is 0.360. The van der Waals surface area contributed by atoms with Gasteiger partial charge in [0.15, 0.2) is 11.9 Å². The van der Waals surface area contributed by atoms with E-state index in [-0.39, 0.29) is 11.4 Å². The number of carbonyl (C=O) groups is 1. The summed E-state index contributed by atoms with van der Waals surface area (Å²) in [5, 5.41) is 49.1. The van der Waals surface area contributed by atoms with Crippen molar-refractivity contribution in [2.75, 3.05) is 6.61 Å². The van der Waals surface area contributed by atoms with Crippen LogP contribution in [-0.4, -0.2) is 67.2 Å². The van der Waals surface area contributed by atoms with E-state index in [0.717, 1.165) is 12.0 Å². The molecular weight excluding hydrogens is 370 g/mol. The molecule has 1 aromatic carbocycles. The van der Waals surface area contributed by atoms with Crippen LogP contribution >= 0.6 is 0 Å². The molecule has 2 aromatic rings. The van der Waals surface area contributed by atoms with Crippen LogP contribution in [0.2, 0.25) is 0 Å². The minimum Gasteiger partial charge on any atom is -0.422 e. The zero-order valence-electron chi connectivity index (χ0n) is 15.6. The third-order valence-corrected chi connectivity index (χ3v) is 4.78. The summed E-state index contributed by atoms with van der Waals surface area (Å²) in [6, 6.07) is 5.60. The molecule has 28 heavy (non-hydrogen) atoms. The van der Waals surface area contributed by atoms with Crippen LogP contribution in [0.15, 0.2) is 18.2 Å². The van der Waals surface area contributed by atoms with Gasteiger partial charge in [-0.25, -0.2) is 4.79 Å². The fourth-order valence-corrected chi connectivity index (χ4v) is 3.37. The van der Waals surface area contributed by atoms with Crippen LogP contribution in [0.4, 0.5) is 0 Å². The van der Waals surface area contributed by atoms with E-state index in [1.165, 1.54) is 0 Å². The lowest BCUT2D eigenvalue weighted by molar-refractivity contribution is -0.246. The summed E-state index contributed by atoms with van der Waals surface area (Å²) in [5.74, 6) is -3.04. The first kappa shape index (κ1) is 20.7. The van der Waals surface area contributed by atoms with Crippen LogP contribution in [0.5, 0.6) is 5.75 Å². The van der Waals surface area contributed by atoms with Crippen molar-refractivity contribution in [1.82, 2.24) is 4.98 Å². The standard InChI is InChI=1S/C19H25NO8/c1-9(2)5-10-3-4-12-11(6-10)15(13(7-21)20-12)27-18(25)16-14(23)17(24)19(26,8-22)28-16/h3-4,6,9,14,16-17,20-24,26H,5,7-8H2,1-2H3/t14-,16+,17+,19-/m0/s1. The van der Waals surface area contributed by atoms with Crippen LogP contribution in [0.3, 0.4) is 0 Å². The van der Waals surface area contributed by atoms with Gasteiger partial charge in [0.2, 0.25) is 5.79 Å². The molecule has 0 bridgehead atoms. The Hall–Kier alpha value is -2.01. The molecule has 0 spiro atoms. The number of aliphatic hydroxyl groups is 5. The van der Waals surface area contributed by atoms with Gasteiger partial charge in [-0.1, -0.05) is 19.9 Å². The smallest absolute Gasteiger partial charge is 0.343 e. The maximum Gasteiger partial charge on any atom is 0.343 e. The van der Waals surface area contributed by atoms with E-state index in [9.17, 15) is 25.2 Å². The van der Waals surface area contributed by atoms with Gasteiger partial charge in [0.25, 0.3) is 0 Å². The Labute approximate surface area is 161 Å². The third-order valence-electron chi connectivity index (χ3n) is 4.78. The maximum atomic E-state index is 12.5. The molecule has 0 unspecified atom stereocenters. The molecule has 4 atom stereocenters. The number of fused-ring (bicyclic) bond motifs is 1. The highest BCUT2D eigenvalue weighted by atomic mass is 16.7. The molecule has 1 aromatic heterocycles. The van der Waals surface area contributed by atoms with E-state index in [2.05, 4.69) is 18.8 Å². The Balaban J connectivity index is 1.91. The van der Waals surface area contributed by atoms with Gasteiger partial charge in [0.1, 0.15) is 12.2 Å². The van der Waals surface area contributed by atoms with Crippen molar-refractivity contribution in [3.8, 4) is 5.75 Å². The Kier molecular flexibility index (Phi) is 5.76. The van der Waals surface area contributed by atoms with Gasteiger partial charge in [0, 0.05) is 10.9 Å². The molecule has 0 aliphatic carbocycles. The number of esters is 1. The fraction of sp³-hybridized carbons (Fsp3) is 0.526. The first-order valence-electron chi connectivity index (χ1n) is 9.03. The lowest BCUT2D eigenvalue weighted by Crippen LogP contribution is -2.46. The zero-order chi connectivity index (χ0) is 20.6. The van der Waals surface area contributed by atoms with Gasteiger partial charge >= 0.3 is 5.97 Å². The largest absolute Gasteiger partial charge is 0.422 e. The predicted molar refractivity (Wildman–Crippen MR) is 97.3 cm³/mol. The number of aliphatic hydroxyl groups excluding tert-OH is 4. The van der Waals surface area contributed by atoms with Crippen LogP contribution in [0, 0.1) is 5.92 Å². The predicted octanol–water partition coefficient (Wildman–Crippen LogP) is -0.434. The number of aromatic nitrogens is 1. The molecule has 154 valence electrons. The van der Waals surface area contributed by atoms with E-state index in [1.807, 2.05) is 18.2 Å². The molecule has 1 aliphatic heterocycles. The molecule has 1 saturated heterocycles. The van der Waals surface area contributed by atoms with Crippen LogP contribution < -0.4 is 4.74 Å². The van der Waals surface area contributed by atoms with Crippen molar-refractivity contribution < 1.29 is 39.8 Å². The molecule has 6 N–H and O–H groups in total. The molecule has 9 heteroatoms. The topological polar surface area (TPSA) is 152 Å². The summed E-state index contributed by atoms with van der Waals surface area (Å²) >= 11 is 0. The summed E-state index contributed by atoms with van der Waals surface area (Å²) in [4.78, 5) is 15.5. The van der Waals surface area contributed by atoms with Crippen molar-refractivity contribution in [3.05, 3.63) is 29.5 Å². The average molecular weight is 395 g/mol. The number of aromatic amines is 1. The van der Waals surface area contributed by atoms with Crippen molar-refractivity contribution in [1.29, 1.82) is 0 Å². The van der Waals surface area contributed by atoms with E-state index in [0.29, 0.717) is 16.8 Å². The van der Waals surface area contributed by atoms with Gasteiger partial charge in [-0.05, 0) is 30.0 Å². The Morgan fingerprint density at radius 2 is 2.04 bits per heavy atom. The number of nitrogens with one attached hydrogen (secondary N) is 1. The first-order chi connectivity index (χ1) is 13.2. The molecule has 1 aliphatic rings. The second kappa shape index (κ2) is 7.78. The number of hydrogen-bond donors (Lipinski definition) is 6. The Morgan fingerprint density at radius 1 is 1.32 bits per heavy atom. The minimum absolute atomic E-state index is 0.0813. The molecular formula is C19H25NO8. The second-order valence-electron chi connectivity index (χ2n) is 7.47. The van der Waals surface area contributed by atoms with Gasteiger partial charge < -0.3 is 40.0 Å². The van der Waals surface area contributed by atoms with Gasteiger partial charge in [-0.15, -0.1) is 0 Å². The van der Waals surface area contributed by atoms with Crippen LogP contribution in [0.1, 0.15) is 25.1 Å². The fourth-order valence-electron chi connectivity index (χ4n) is 3.37. The number of ether oxygens (including phenoxy) is 2. The molecule has 3 rings (SSSR count). The lowest BCUT2D eigenvalue weighted by Gasteiger charge is -2.22. The van der Waals surface area contributed by atoms with Gasteiger partial charge in [0.05, 0.1) is 18.9 Å². The average Bonchev–Trinajstić information content (AvgIpc) is 3.11.